The third kappa shape index (κ3) is 1.70. The zero-order valence-electron chi connectivity index (χ0n) is 9.66. The molecule has 1 aromatic carbocycles. The van der Waals surface area contributed by atoms with Crippen molar-refractivity contribution in [2.75, 3.05) is 6.61 Å². The van der Waals surface area contributed by atoms with Gasteiger partial charge in [0.05, 0.1) is 12.1 Å². The highest BCUT2D eigenvalue weighted by atomic mass is 35.5. The molecule has 0 atom stereocenters. The van der Waals surface area contributed by atoms with Crippen LogP contribution in [0.25, 0.3) is 10.9 Å². The minimum Gasteiger partial charge on any atom is -0.395 e. The summed E-state index contributed by atoms with van der Waals surface area (Å²) in [5, 5.41) is 14.9. The van der Waals surface area contributed by atoms with Crippen LogP contribution in [0.4, 0.5) is 0 Å². The predicted octanol–water partition coefficient (Wildman–Crippen LogP) is 2.50. The monoisotopic (exact) mass is 238 g/mol. The standard InChI is InChI=1S/C12H15ClN2O/c1-12(2,7-16)8-4-5-10-9(6-8)11(13)14-15(10)3/h4-6,16H,7H2,1-3H3. The van der Waals surface area contributed by atoms with Gasteiger partial charge in [-0.3, -0.25) is 4.68 Å². The number of fused-ring (bicyclic) bond motifs is 1. The first-order valence-electron chi connectivity index (χ1n) is 5.19. The summed E-state index contributed by atoms with van der Waals surface area (Å²) in [5.41, 5.74) is 1.81. The highest BCUT2D eigenvalue weighted by Crippen LogP contribution is 2.29. The number of hydrogen-bond acceptors (Lipinski definition) is 2. The van der Waals surface area contributed by atoms with Crippen molar-refractivity contribution < 1.29 is 5.11 Å². The zero-order valence-corrected chi connectivity index (χ0v) is 10.4. The summed E-state index contributed by atoms with van der Waals surface area (Å²) in [5.74, 6) is 0. The first-order chi connectivity index (χ1) is 7.45. The fourth-order valence-electron chi connectivity index (χ4n) is 1.74. The summed E-state index contributed by atoms with van der Waals surface area (Å²) in [6.45, 7) is 4.10. The van der Waals surface area contributed by atoms with Crippen LogP contribution in [0, 0.1) is 0 Å². The fourth-order valence-corrected chi connectivity index (χ4v) is 2.00. The smallest absolute Gasteiger partial charge is 0.158 e. The molecule has 0 amide bonds. The molecule has 3 nitrogen and oxygen atoms in total. The van der Waals surface area contributed by atoms with Crippen molar-refractivity contribution in [3.63, 3.8) is 0 Å². The summed E-state index contributed by atoms with van der Waals surface area (Å²) >= 11 is 6.05. The average molecular weight is 239 g/mol. The lowest BCUT2D eigenvalue weighted by Crippen LogP contribution is -2.21. The van der Waals surface area contributed by atoms with E-state index in [1.54, 1.807) is 4.68 Å². The molecule has 16 heavy (non-hydrogen) atoms. The molecule has 1 heterocycles. The summed E-state index contributed by atoms with van der Waals surface area (Å²) < 4.78 is 1.76. The van der Waals surface area contributed by atoms with Crippen LogP contribution in [-0.4, -0.2) is 21.5 Å². The molecule has 1 aromatic heterocycles. The lowest BCUT2D eigenvalue weighted by Gasteiger charge is -2.22. The van der Waals surface area contributed by atoms with Crippen molar-refractivity contribution in [3.8, 4) is 0 Å². The van der Waals surface area contributed by atoms with Gasteiger partial charge in [-0.2, -0.15) is 5.10 Å². The topological polar surface area (TPSA) is 38.0 Å². The molecule has 0 bridgehead atoms. The van der Waals surface area contributed by atoms with E-state index in [1.165, 1.54) is 0 Å². The Morgan fingerprint density at radius 1 is 1.44 bits per heavy atom. The van der Waals surface area contributed by atoms with Crippen molar-refractivity contribution >= 4 is 22.5 Å². The highest BCUT2D eigenvalue weighted by molar-refractivity contribution is 6.34. The fraction of sp³-hybridized carbons (Fsp3) is 0.417. The summed E-state index contributed by atoms with van der Waals surface area (Å²) in [6, 6.07) is 6.00. The quantitative estimate of drug-likeness (QED) is 0.873. The maximum Gasteiger partial charge on any atom is 0.158 e. The summed E-state index contributed by atoms with van der Waals surface area (Å²) in [6.07, 6.45) is 0. The number of rotatable bonds is 2. The number of benzene rings is 1. The second-order valence-electron chi connectivity index (χ2n) is 4.69. The van der Waals surface area contributed by atoms with E-state index in [2.05, 4.69) is 5.10 Å². The Labute approximate surface area is 99.6 Å². The van der Waals surface area contributed by atoms with Crippen molar-refractivity contribution in [1.29, 1.82) is 0 Å². The Balaban J connectivity index is 2.64. The van der Waals surface area contributed by atoms with Crippen LogP contribution in [0.5, 0.6) is 0 Å². The first kappa shape index (κ1) is 11.4. The number of aliphatic hydroxyl groups excluding tert-OH is 1. The van der Waals surface area contributed by atoms with Crippen LogP contribution >= 0.6 is 11.6 Å². The average Bonchev–Trinajstić information content (AvgIpc) is 2.54. The van der Waals surface area contributed by atoms with Gasteiger partial charge in [0, 0.05) is 17.8 Å². The minimum atomic E-state index is -0.257. The van der Waals surface area contributed by atoms with Crippen LogP contribution < -0.4 is 0 Å². The Bertz CT molecular complexity index is 531. The second-order valence-corrected chi connectivity index (χ2v) is 5.05. The molecule has 0 spiro atoms. The van der Waals surface area contributed by atoms with Crippen LogP contribution in [0.15, 0.2) is 18.2 Å². The number of aliphatic hydroxyl groups is 1. The van der Waals surface area contributed by atoms with Gasteiger partial charge in [-0.15, -0.1) is 0 Å². The van der Waals surface area contributed by atoms with Gasteiger partial charge in [-0.1, -0.05) is 31.5 Å². The molecule has 0 unspecified atom stereocenters. The Hall–Kier alpha value is -1.06. The molecular weight excluding hydrogens is 224 g/mol. The van der Waals surface area contributed by atoms with Crippen LogP contribution in [0.3, 0.4) is 0 Å². The molecule has 2 aromatic rings. The largest absolute Gasteiger partial charge is 0.395 e. The van der Waals surface area contributed by atoms with E-state index in [0.717, 1.165) is 16.5 Å². The van der Waals surface area contributed by atoms with Gasteiger partial charge in [0.2, 0.25) is 0 Å². The van der Waals surface area contributed by atoms with Crippen LogP contribution in [0.1, 0.15) is 19.4 Å². The van der Waals surface area contributed by atoms with Gasteiger partial charge in [0.25, 0.3) is 0 Å². The van der Waals surface area contributed by atoms with Gasteiger partial charge < -0.3 is 5.11 Å². The number of aromatic nitrogens is 2. The predicted molar refractivity (Wildman–Crippen MR) is 65.8 cm³/mol. The van der Waals surface area contributed by atoms with Crippen LogP contribution in [0.2, 0.25) is 5.15 Å². The van der Waals surface area contributed by atoms with Crippen molar-refractivity contribution in [2.24, 2.45) is 7.05 Å². The second kappa shape index (κ2) is 3.75. The van der Waals surface area contributed by atoms with Crippen molar-refractivity contribution in [2.45, 2.75) is 19.3 Å². The third-order valence-electron chi connectivity index (χ3n) is 2.98. The molecule has 86 valence electrons. The third-order valence-corrected chi connectivity index (χ3v) is 3.26. The molecule has 4 heteroatoms. The van der Waals surface area contributed by atoms with E-state index in [9.17, 15) is 5.11 Å². The summed E-state index contributed by atoms with van der Waals surface area (Å²) in [7, 11) is 1.87. The maximum absolute atomic E-state index is 9.34. The molecule has 0 saturated heterocycles. The number of hydrogen-bond donors (Lipinski definition) is 1. The number of aryl methyl sites for hydroxylation is 1. The Morgan fingerprint density at radius 2 is 2.12 bits per heavy atom. The van der Waals surface area contributed by atoms with E-state index >= 15 is 0 Å². The lowest BCUT2D eigenvalue weighted by atomic mass is 9.85. The van der Waals surface area contributed by atoms with Gasteiger partial charge in [-0.25, -0.2) is 0 Å². The van der Waals surface area contributed by atoms with Crippen LogP contribution in [-0.2, 0) is 12.5 Å². The number of nitrogens with zero attached hydrogens (tertiary/aromatic N) is 2. The molecule has 0 aliphatic heterocycles. The maximum atomic E-state index is 9.34. The SMILES string of the molecule is Cn1nc(Cl)c2cc(C(C)(C)CO)ccc21. The lowest BCUT2D eigenvalue weighted by molar-refractivity contribution is 0.218. The van der Waals surface area contributed by atoms with Gasteiger partial charge in [-0.05, 0) is 17.7 Å². The van der Waals surface area contributed by atoms with E-state index in [1.807, 2.05) is 39.1 Å². The van der Waals surface area contributed by atoms with Gasteiger partial charge in [0.15, 0.2) is 5.15 Å². The Morgan fingerprint density at radius 3 is 2.75 bits per heavy atom. The van der Waals surface area contributed by atoms with Gasteiger partial charge >= 0.3 is 0 Å². The van der Waals surface area contributed by atoms with Gasteiger partial charge in [0.1, 0.15) is 0 Å². The van der Waals surface area contributed by atoms with E-state index < -0.39 is 0 Å². The molecule has 0 saturated carbocycles. The van der Waals surface area contributed by atoms with Crippen molar-refractivity contribution in [1.82, 2.24) is 9.78 Å². The van der Waals surface area contributed by atoms with E-state index in [4.69, 9.17) is 11.6 Å². The highest BCUT2D eigenvalue weighted by Gasteiger charge is 2.20. The molecule has 2 rings (SSSR count). The molecular formula is C12H15ClN2O. The van der Waals surface area contributed by atoms with E-state index in [0.29, 0.717) is 5.15 Å². The molecule has 1 N–H and O–H groups in total. The molecule has 0 radical (unpaired) electrons. The zero-order chi connectivity index (χ0) is 11.9. The Kier molecular flexibility index (Phi) is 2.68. The minimum absolute atomic E-state index is 0.108. The van der Waals surface area contributed by atoms with E-state index in [-0.39, 0.29) is 12.0 Å². The first-order valence-corrected chi connectivity index (χ1v) is 5.57. The summed E-state index contributed by atoms with van der Waals surface area (Å²) in [4.78, 5) is 0. The molecule has 0 aliphatic carbocycles. The molecule has 0 aliphatic rings. The van der Waals surface area contributed by atoms with Crippen molar-refractivity contribution in [3.05, 3.63) is 28.9 Å². The number of halogens is 1. The molecule has 0 fully saturated rings. The normalized spacial score (nSPS) is 12.3.